The summed E-state index contributed by atoms with van der Waals surface area (Å²) < 4.78 is 11.4. The number of hydrogen-bond donors (Lipinski definition) is 1. The highest BCUT2D eigenvalue weighted by Crippen LogP contribution is 2.29. The standard InChI is InChI=1S/C20H27NO2/c1-4-13-23-19-12-9-17(14-20(19)22-6-3)15-21-18-10-7-16(5-2)8-11-18/h7-12,14,21H,4-6,13,15H2,1-3H3. The molecular formula is C20H27NO2. The highest BCUT2D eigenvalue weighted by molar-refractivity contribution is 5.47. The maximum Gasteiger partial charge on any atom is 0.161 e. The van der Waals surface area contributed by atoms with Crippen molar-refractivity contribution in [1.82, 2.24) is 0 Å². The van der Waals surface area contributed by atoms with E-state index in [1.807, 2.05) is 13.0 Å². The van der Waals surface area contributed by atoms with Crippen molar-refractivity contribution in [2.24, 2.45) is 0 Å². The van der Waals surface area contributed by atoms with E-state index in [1.54, 1.807) is 0 Å². The average Bonchev–Trinajstić information content (AvgIpc) is 2.60. The maximum atomic E-state index is 5.74. The molecule has 0 spiro atoms. The van der Waals surface area contributed by atoms with Gasteiger partial charge >= 0.3 is 0 Å². The summed E-state index contributed by atoms with van der Waals surface area (Å²) in [5.74, 6) is 1.64. The van der Waals surface area contributed by atoms with Gasteiger partial charge in [0.1, 0.15) is 0 Å². The number of anilines is 1. The van der Waals surface area contributed by atoms with Crippen LogP contribution in [-0.4, -0.2) is 13.2 Å². The molecule has 0 saturated carbocycles. The lowest BCUT2D eigenvalue weighted by Gasteiger charge is -2.14. The molecule has 0 amide bonds. The monoisotopic (exact) mass is 313 g/mol. The number of rotatable bonds is 9. The predicted octanol–water partition coefficient (Wildman–Crippen LogP) is 5.05. The zero-order valence-electron chi connectivity index (χ0n) is 14.4. The van der Waals surface area contributed by atoms with Gasteiger partial charge in [-0.3, -0.25) is 0 Å². The third kappa shape index (κ3) is 5.20. The van der Waals surface area contributed by atoms with Crippen molar-refractivity contribution < 1.29 is 9.47 Å². The molecule has 0 heterocycles. The Morgan fingerprint density at radius 3 is 2.22 bits per heavy atom. The fourth-order valence-corrected chi connectivity index (χ4v) is 2.32. The number of aryl methyl sites for hydroxylation is 1. The van der Waals surface area contributed by atoms with Crippen LogP contribution in [0.15, 0.2) is 42.5 Å². The molecule has 2 rings (SSSR count). The Morgan fingerprint density at radius 2 is 1.57 bits per heavy atom. The Hall–Kier alpha value is -2.16. The van der Waals surface area contributed by atoms with Crippen molar-refractivity contribution >= 4 is 5.69 Å². The van der Waals surface area contributed by atoms with Gasteiger partial charge in [0, 0.05) is 12.2 Å². The van der Waals surface area contributed by atoms with Crippen LogP contribution in [-0.2, 0) is 13.0 Å². The Morgan fingerprint density at radius 1 is 0.826 bits per heavy atom. The second-order valence-electron chi connectivity index (χ2n) is 5.47. The zero-order chi connectivity index (χ0) is 16.5. The highest BCUT2D eigenvalue weighted by atomic mass is 16.5. The van der Waals surface area contributed by atoms with Crippen molar-refractivity contribution in [3.05, 3.63) is 53.6 Å². The summed E-state index contributed by atoms with van der Waals surface area (Å²) in [6.07, 6.45) is 2.06. The molecule has 23 heavy (non-hydrogen) atoms. The van der Waals surface area contributed by atoms with Gasteiger partial charge in [-0.25, -0.2) is 0 Å². The number of ether oxygens (including phenoxy) is 2. The average molecular weight is 313 g/mol. The van der Waals surface area contributed by atoms with Gasteiger partial charge in [0.15, 0.2) is 11.5 Å². The van der Waals surface area contributed by atoms with Crippen LogP contribution in [0.4, 0.5) is 5.69 Å². The van der Waals surface area contributed by atoms with Crippen LogP contribution in [0.5, 0.6) is 11.5 Å². The molecule has 0 unspecified atom stereocenters. The van der Waals surface area contributed by atoms with Crippen LogP contribution in [0, 0.1) is 0 Å². The molecule has 0 aliphatic heterocycles. The molecule has 0 radical (unpaired) electrons. The minimum atomic E-state index is 0.637. The van der Waals surface area contributed by atoms with Crippen LogP contribution >= 0.6 is 0 Å². The molecule has 2 aromatic rings. The molecule has 0 aliphatic carbocycles. The molecule has 2 aromatic carbocycles. The molecule has 124 valence electrons. The molecule has 0 bridgehead atoms. The molecule has 0 fully saturated rings. The molecule has 3 nitrogen and oxygen atoms in total. The summed E-state index contributed by atoms with van der Waals surface area (Å²) in [4.78, 5) is 0. The van der Waals surface area contributed by atoms with Crippen molar-refractivity contribution in [2.45, 2.75) is 40.2 Å². The summed E-state index contributed by atoms with van der Waals surface area (Å²) in [5, 5.41) is 3.45. The molecule has 0 aromatic heterocycles. The van der Waals surface area contributed by atoms with Crippen LogP contribution < -0.4 is 14.8 Å². The number of nitrogens with one attached hydrogen (secondary N) is 1. The topological polar surface area (TPSA) is 30.5 Å². The van der Waals surface area contributed by atoms with E-state index in [4.69, 9.17) is 9.47 Å². The third-order valence-electron chi connectivity index (χ3n) is 3.63. The fourth-order valence-electron chi connectivity index (χ4n) is 2.32. The summed E-state index contributed by atoms with van der Waals surface area (Å²) in [7, 11) is 0. The summed E-state index contributed by atoms with van der Waals surface area (Å²) in [6, 6.07) is 14.7. The summed E-state index contributed by atoms with van der Waals surface area (Å²) >= 11 is 0. The van der Waals surface area contributed by atoms with Gasteiger partial charge < -0.3 is 14.8 Å². The summed E-state index contributed by atoms with van der Waals surface area (Å²) in [5.41, 5.74) is 3.66. The maximum absolute atomic E-state index is 5.74. The first kappa shape index (κ1) is 17.2. The van der Waals surface area contributed by atoms with Gasteiger partial charge in [0.05, 0.1) is 13.2 Å². The van der Waals surface area contributed by atoms with E-state index in [-0.39, 0.29) is 0 Å². The lowest BCUT2D eigenvalue weighted by atomic mass is 10.1. The first-order chi connectivity index (χ1) is 11.3. The Kier molecular flexibility index (Phi) is 6.79. The molecule has 0 saturated heterocycles. The van der Waals surface area contributed by atoms with Gasteiger partial charge in [-0.1, -0.05) is 32.0 Å². The number of benzene rings is 2. The summed E-state index contributed by atoms with van der Waals surface area (Å²) in [6.45, 7) is 8.37. The molecule has 0 aliphatic rings. The third-order valence-corrected chi connectivity index (χ3v) is 3.63. The number of hydrogen-bond acceptors (Lipinski definition) is 3. The molecule has 1 N–H and O–H groups in total. The fraction of sp³-hybridized carbons (Fsp3) is 0.400. The normalized spacial score (nSPS) is 10.4. The van der Waals surface area contributed by atoms with Gasteiger partial charge in [-0.15, -0.1) is 0 Å². The van der Waals surface area contributed by atoms with E-state index >= 15 is 0 Å². The lowest BCUT2D eigenvalue weighted by Crippen LogP contribution is -2.03. The largest absolute Gasteiger partial charge is 0.490 e. The van der Waals surface area contributed by atoms with Crippen LogP contribution in [0.3, 0.4) is 0 Å². The smallest absolute Gasteiger partial charge is 0.161 e. The van der Waals surface area contributed by atoms with E-state index in [0.717, 1.165) is 36.6 Å². The van der Waals surface area contributed by atoms with Crippen molar-refractivity contribution in [3.63, 3.8) is 0 Å². The first-order valence-corrected chi connectivity index (χ1v) is 8.48. The van der Waals surface area contributed by atoms with Gasteiger partial charge in [-0.05, 0) is 55.2 Å². The Labute approximate surface area is 139 Å². The minimum absolute atomic E-state index is 0.637. The SMILES string of the molecule is CCCOc1ccc(CNc2ccc(CC)cc2)cc1OCC. The van der Waals surface area contributed by atoms with E-state index in [1.165, 1.54) is 11.1 Å². The van der Waals surface area contributed by atoms with Crippen LogP contribution in [0.2, 0.25) is 0 Å². The highest BCUT2D eigenvalue weighted by Gasteiger charge is 2.06. The van der Waals surface area contributed by atoms with Gasteiger partial charge in [0.25, 0.3) is 0 Å². The van der Waals surface area contributed by atoms with E-state index in [9.17, 15) is 0 Å². The first-order valence-electron chi connectivity index (χ1n) is 8.48. The molecule has 3 heteroatoms. The zero-order valence-corrected chi connectivity index (χ0v) is 14.4. The Bertz CT molecular complexity index is 593. The lowest BCUT2D eigenvalue weighted by molar-refractivity contribution is 0.276. The van der Waals surface area contributed by atoms with Gasteiger partial charge in [0.2, 0.25) is 0 Å². The molecule has 0 atom stereocenters. The molecular weight excluding hydrogens is 286 g/mol. The van der Waals surface area contributed by atoms with Gasteiger partial charge in [-0.2, -0.15) is 0 Å². The second-order valence-corrected chi connectivity index (χ2v) is 5.47. The van der Waals surface area contributed by atoms with Crippen LogP contribution in [0.25, 0.3) is 0 Å². The quantitative estimate of drug-likeness (QED) is 0.703. The van der Waals surface area contributed by atoms with Crippen LogP contribution in [0.1, 0.15) is 38.3 Å². The predicted molar refractivity (Wildman–Crippen MR) is 96.5 cm³/mol. The van der Waals surface area contributed by atoms with Crippen molar-refractivity contribution in [1.29, 1.82) is 0 Å². The van der Waals surface area contributed by atoms with E-state index in [2.05, 4.69) is 55.6 Å². The Balaban J connectivity index is 2.02. The minimum Gasteiger partial charge on any atom is -0.490 e. The van der Waals surface area contributed by atoms with E-state index < -0.39 is 0 Å². The van der Waals surface area contributed by atoms with E-state index in [0.29, 0.717) is 13.2 Å². The van der Waals surface area contributed by atoms with Crippen molar-refractivity contribution in [3.8, 4) is 11.5 Å². The second kappa shape index (κ2) is 9.09. The van der Waals surface area contributed by atoms with Crippen molar-refractivity contribution in [2.75, 3.05) is 18.5 Å².